The molecule has 1 N–H and O–H groups in total. The van der Waals surface area contributed by atoms with Crippen LogP contribution >= 0.6 is 0 Å². The van der Waals surface area contributed by atoms with Crippen LogP contribution < -0.4 is 5.32 Å². The van der Waals surface area contributed by atoms with Crippen LogP contribution in [0.3, 0.4) is 0 Å². The van der Waals surface area contributed by atoms with Gasteiger partial charge < -0.3 is 5.32 Å². The highest BCUT2D eigenvalue weighted by Gasteiger charge is 2.30. The minimum Gasteiger partial charge on any atom is -0.388 e. The molecule has 21 heavy (non-hydrogen) atoms. The van der Waals surface area contributed by atoms with Gasteiger partial charge in [0.25, 0.3) is 5.69 Å². The number of nitro benzene ring substituents is 1. The van der Waals surface area contributed by atoms with Crippen molar-refractivity contribution in [2.24, 2.45) is 5.92 Å². The average molecular weight is 312 g/mol. The van der Waals surface area contributed by atoms with Crippen LogP contribution in [0.15, 0.2) is 23.1 Å². The van der Waals surface area contributed by atoms with Gasteiger partial charge in [0.15, 0.2) is 4.90 Å². The Morgan fingerprint density at radius 2 is 2.14 bits per heavy atom. The molecular weight excluding hydrogens is 296 g/mol. The monoisotopic (exact) mass is 312 g/mol. The topological polar surface area (TPSA) is 116 Å². The van der Waals surface area contributed by atoms with E-state index in [-0.39, 0.29) is 6.54 Å². The SMILES string of the molecule is CNc1ccc([N+](=O)[O-])c(S(=O)(=O)N(C)CC(C)C#N)c1. The van der Waals surface area contributed by atoms with Crippen LogP contribution in [0.2, 0.25) is 0 Å². The number of nitriles is 1. The second-order valence-electron chi connectivity index (χ2n) is 4.51. The van der Waals surface area contributed by atoms with Crippen molar-refractivity contribution >= 4 is 21.4 Å². The highest BCUT2D eigenvalue weighted by Crippen LogP contribution is 2.29. The zero-order chi connectivity index (χ0) is 16.2. The van der Waals surface area contributed by atoms with Gasteiger partial charge >= 0.3 is 0 Å². The lowest BCUT2D eigenvalue weighted by Gasteiger charge is -2.18. The van der Waals surface area contributed by atoms with Gasteiger partial charge in [0.05, 0.1) is 16.9 Å². The van der Waals surface area contributed by atoms with Crippen molar-refractivity contribution in [1.29, 1.82) is 5.26 Å². The Kier molecular flexibility index (Phi) is 5.23. The number of benzene rings is 1. The minimum absolute atomic E-state index is 0.0419. The second-order valence-corrected chi connectivity index (χ2v) is 6.52. The largest absolute Gasteiger partial charge is 0.388 e. The van der Waals surface area contributed by atoms with Gasteiger partial charge in [-0.05, 0) is 19.1 Å². The molecule has 0 saturated carbocycles. The fourth-order valence-electron chi connectivity index (χ4n) is 1.72. The molecule has 1 unspecified atom stereocenters. The Morgan fingerprint density at radius 1 is 1.52 bits per heavy atom. The summed E-state index contributed by atoms with van der Waals surface area (Å²) in [6.45, 7) is 1.53. The number of rotatable bonds is 6. The average Bonchev–Trinajstić information content (AvgIpc) is 2.45. The predicted octanol–water partition coefficient (Wildman–Crippen LogP) is 1.42. The lowest BCUT2D eigenvalue weighted by atomic mass is 10.2. The summed E-state index contributed by atoms with van der Waals surface area (Å²) in [6.07, 6.45) is 0. The summed E-state index contributed by atoms with van der Waals surface area (Å²) < 4.78 is 25.9. The van der Waals surface area contributed by atoms with Gasteiger partial charge in [-0.3, -0.25) is 10.1 Å². The van der Waals surface area contributed by atoms with Crippen molar-refractivity contribution in [3.05, 3.63) is 28.3 Å². The van der Waals surface area contributed by atoms with E-state index < -0.39 is 31.4 Å². The molecule has 1 rings (SSSR count). The maximum Gasteiger partial charge on any atom is 0.289 e. The van der Waals surface area contributed by atoms with Gasteiger partial charge in [0.1, 0.15) is 0 Å². The van der Waals surface area contributed by atoms with Crippen LogP contribution in [0.25, 0.3) is 0 Å². The lowest BCUT2D eigenvalue weighted by molar-refractivity contribution is -0.387. The van der Waals surface area contributed by atoms with E-state index in [2.05, 4.69) is 5.32 Å². The van der Waals surface area contributed by atoms with Gasteiger partial charge in [0.2, 0.25) is 10.0 Å². The van der Waals surface area contributed by atoms with Crippen LogP contribution in [-0.4, -0.2) is 38.3 Å². The number of sulfonamides is 1. The molecule has 0 amide bonds. The lowest BCUT2D eigenvalue weighted by Crippen LogP contribution is -2.31. The molecule has 0 aliphatic carbocycles. The van der Waals surface area contributed by atoms with Gasteiger partial charge in [0, 0.05) is 32.4 Å². The van der Waals surface area contributed by atoms with Crippen LogP contribution in [-0.2, 0) is 10.0 Å². The molecule has 1 aromatic rings. The van der Waals surface area contributed by atoms with Crippen LogP contribution in [0.1, 0.15) is 6.92 Å². The van der Waals surface area contributed by atoms with Crippen molar-refractivity contribution in [3.8, 4) is 6.07 Å². The van der Waals surface area contributed by atoms with Gasteiger partial charge in [-0.2, -0.15) is 9.57 Å². The summed E-state index contributed by atoms with van der Waals surface area (Å²) >= 11 is 0. The van der Waals surface area contributed by atoms with Crippen LogP contribution in [0.4, 0.5) is 11.4 Å². The Balaban J connectivity index is 3.36. The fraction of sp³-hybridized carbons (Fsp3) is 0.417. The zero-order valence-electron chi connectivity index (χ0n) is 11.9. The van der Waals surface area contributed by atoms with Crippen molar-refractivity contribution in [2.45, 2.75) is 11.8 Å². The fourth-order valence-corrected chi connectivity index (χ4v) is 3.16. The van der Waals surface area contributed by atoms with Crippen LogP contribution in [0.5, 0.6) is 0 Å². The molecule has 1 atom stereocenters. The summed E-state index contributed by atoms with van der Waals surface area (Å²) in [5.41, 5.74) is -0.0497. The number of hydrogen-bond acceptors (Lipinski definition) is 6. The minimum atomic E-state index is -4.05. The molecule has 0 heterocycles. The molecule has 1 aromatic carbocycles. The predicted molar refractivity (Wildman–Crippen MR) is 77.2 cm³/mol. The molecule has 0 spiro atoms. The Bertz CT molecular complexity index is 681. The molecule has 0 aromatic heterocycles. The molecule has 8 nitrogen and oxygen atoms in total. The summed E-state index contributed by atoms with van der Waals surface area (Å²) in [4.78, 5) is 9.88. The molecule has 0 bridgehead atoms. The van der Waals surface area contributed by atoms with E-state index in [1.807, 2.05) is 6.07 Å². The zero-order valence-corrected chi connectivity index (χ0v) is 12.7. The van der Waals surface area contributed by atoms with Crippen molar-refractivity contribution in [1.82, 2.24) is 4.31 Å². The smallest absolute Gasteiger partial charge is 0.289 e. The maximum absolute atomic E-state index is 12.5. The van der Waals surface area contributed by atoms with E-state index in [4.69, 9.17) is 5.26 Å². The molecule has 0 radical (unpaired) electrons. The molecule has 9 heteroatoms. The van der Waals surface area contributed by atoms with Gasteiger partial charge in [-0.25, -0.2) is 8.42 Å². The third kappa shape index (κ3) is 3.68. The Labute approximate surface area is 123 Å². The third-order valence-corrected chi connectivity index (χ3v) is 4.74. The van der Waals surface area contributed by atoms with Crippen LogP contribution in [0, 0.1) is 27.4 Å². The van der Waals surface area contributed by atoms with E-state index in [9.17, 15) is 18.5 Å². The van der Waals surface area contributed by atoms with Crippen molar-refractivity contribution in [3.63, 3.8) is 0 Å². The molecule has 0 fully saturated rings. The number of anilines is 1. The van der Waals surface area contributed by atoms with E-state index in [0.29, 0.717) is 5.69 Å². The second kappa shape index (κ2) is 6.51. The van der Waals surface area contributed by atoms with E-state index in [1.54, 1.807) is 14.0 Å². The number of hydrogen-bond donors (Lipinski definition) is 1. The highest BCUT2D eigenvalue weighted by atomic mass is 32.2. The molecule has 0 aliphatic heterocycles. The first kappa shape index (κ1) is 16.9. The molecule has 0 aliphatic rings. The first-order chi connectivity index (χ1) is 9.73. The standard InChI is InChI=1S/C12H16N4O4S/c1-9(7-13)8-15(3)21(19,20)12-6-10(14-2)4-5-11(12)16(17)18/h4-6,9,14H,8H2,1-3H3. The Morgan fingerprint density at radius 3 is 2.62 bits per heavy atom. The number of nitrogens with one attached hydrogen (secondary N) is 1. The molecule has 114 valence electrons. The van der Waals surface area contributed by atoms with E-state index in [0.717, 1.165) is 10.4 Å². The highest BCUT2D eigenvalue weighted by molar-refractivity contribution is 7.89. The summed E-state index contributed by atoms with van der Waals surface area (Å²) in [5.74, 6) is -0.517. The first-order valence-corrected chi connectivity index (χ1v) is 7.50. The van der Waals surface area contributed by atoms with E-state index in [1.165, 1.54) is 19.2 Å². The normalized spacial score (nSPS) is 12.7. The van der Waals surface area contributed by atoms with Gasteiger partial charge in [-0.1, -0.05) is 0 Å². The van der Waals surface area contributed by atoms with Crippen molar-refractivity contribution in [2.75, 3.05) is 26.0 Å². The first-order valence-electron chi connectivity index (χ1n) is 6.06. The van der Waals surface area contributed by atoms with Gasteiger partial charge in [-0.15, -0.1) is 0 Å². The summed E-state index contributed by atoms with van der Waals surface area (Å²) in [7, 11) is -1.18. The molecular formula is C12H16N4O4S. The number of nitro groups is 1. The Hall–Kier alpha value is -2.18. The summed E-state index contributed by atoms with van der Waals surface area (Å²) in [6, 6.07) is 5.70. The van der Waals surface area contributed by atoms with Crippen molar-refractivity contribution < 1.29 is 13.3 Å². The number of nitrogens with zero attached hydrogens (tertiary/aromatic N) is 3. The maximum atomic E-state index is 12.5. The molecule has 0 saturated heterocycles. The third-order valence-electron chi connectivity index (χ3n) is 2.88. The quantitative estimate of drug-likeness (QED) is 0.627. The van der Waals surface area contributed by atoms with E-state index >= 15 is 0 Å². The summed E-state index contributed by atoms with van der Waals surface area (Å²) in [5, 5.41) is 22.5.